The van der Waals surface area contributed by atoms with Gasteiger partial charge < -0.3 is 9.88 Å². The largest absolute Gasteiger partial charge is 0.331 e. The van der Waals surface area contributed by atoms with Crippen molar-refractivity contribution in [1.82, 2.24) is 43.9 Å². The van der Waals surface area contributed by atoms with Gasteiger partial charge in [0.2, 0.25) is 5.82 Å². The predicted molar refractivity (Wildman–Crippen MR) is 133 cm³/mol. The summed E-state index contributed by atoms with van der Waals surface area (Å²) < 4.78 is 5.51. The molecule has 0 aliphatic carbocycles. The van der Waals surface area contributed by atoms with Crippen LogP contribution in [0.5, 0.6) is 0 Å². The minimum absolute atomic E-state index is 0.499. The lowest BCUT2D eigenvalue weighted by Gasteiger charge is -2.11. The number of aryl methyl sites for hydroxylation is 3. The van der Waals surface area contributed by atoms with Crippen LogP contribution in [0.1, 0.15) is 5.56 Å². The van der Waals surface area contributed by atoms with E-state index in [2.05, 4.69) is 25.4 Å². The summed E-state index contributed by atoms with van der Waals surface area (Å²) in [7, 11) is 3.82. The van der Waals surface area contributed by atoms with Gasteiger partial charge in [-0.05, 0) is 42.3 Å². The van der Waals surface area contributed by atoms with Gasteiger partial charge >= 0.3 is 0 Å². The number of pyridine rings is 2. The molecule has 0 bridgehead atoms. The van der Waals surface area contributed by atoms with Crippen LogP contribution < -0.4 is 5.32 Å². The van der Waals surface area contributed by atoms with Gasteiger partial charge in [0, 0.05) is 68.6 Å². The van der Waals surface area contributed by atoms with Gasteiger partial charge in [0.1, 0.15) is 11.3 Å². The smallest absolute Gasteiger partial charge is 0.218 e. The van der Waals surface area contributed by atoms with Crippen molar-refractivity contribution < 1.29 is 0 Å². The van der Waals surface area contributed by atoms with Gasteiger partial charge in [-0.1, -0.05) is 6.07 Å². The zero-order valence-electron chi connectivity index (χ0n) is 19.5. The van der Waals surface area contributed by atoms with Crippen LogP contribution in [0.4, 0.5) is 11.6 Å². The van der Waals surface area contributed by atoms with E-state index < -0.39 is 0 Å². The van der Waals surface area contributed by atoms with E-state index in [0.29, 0.717) is 23.3 Å². The summed E-state index contributed by atoms with van der Waals surface area (Å²) in [5.74, 6) is 2.46. The maximum absolute atomic E-state index is 4.87. The zero-order valence-corrected chi connectivity index (χ0v) is 19.5. The Morgan fingerprint density at radius 2 is 1.83 bits per heavy atom. The highest BCUT2D eigenvalue weighted by atomic mass is 15.3. The van der Waals surface area contributed by atoms with Crippen LogP contribution in [0.15, 0.2) is 73.7 Å². The molecule has 1 N–H and O–H groups in total. The van der Waals surface area contributed by atoms with E-state index >= 15 is 0 Å². The minimum Gasteiger partial charge on any atom is -0.331 e. The lowest BCUT2D eigenvalue weighted by Crippen LogP contribution is -2.06. The maximum atomic E-state index is 4.87. The number of imidazole rings is 1. The highest BCUT2D eigenvalue weighted by molar-refractivity contribution is 5.84. The molecular weight excluding hydrogens is 440 g/mol. The summed E-state index contributed by atoms with van der Waals surface area (Å²) in [4.78, 5) is 18.1. The zero-order chi connectivity index (χ0) is 23.9. The Morgan fingerprint density at radius 3 is 2.57 bits per heavy atom. The minimum atomic E-state index is 0.499. The third kappa shape index (κ3) is 3.70. The molecule has 0 aliphatic rings. The van der Waals surface area contributed by atoms with Gasteiger partial charge in [0.05, 0.1) is 5.69 Å². The molecule has 0 unspecified atom stereocenters. The molecule has 10 heteroatoms. The van der Waals surface area contributed by atoms with Gasteiger partial charge in [-0.15, -0.1) is 5.10 Å². The summed E-state index contributed by atoms with van der Waals surface area (Å²) in [5.41, 5.74) is 5.73. The molecule has 6 rings (SSSR count). The molecule has 6 aromatic heterocycles. The molecule has 10 nitrogen and oxygen atoms in total. The highest BCUT2D eigenvalue weighted by Crippen LogP contribution is 2.32. The van der Waals surface area contributed by atoms with E-state index in [4.69, 9.17) is 10.1 Å². The predicted octanol–water partition coefficient (Wildman–Crippen LogP) is 4.04. The van der Waals surface area contributed by atoms with E-state index in [1.165, 1.54) is 0 Å². The van der Waals surface area contributed by atoms with Crippen molar-refractivity contribution in [2.24, 2.45) is 14.1 Å². The fourth-order valence-electron chi connectivity index (χ4n) is 4.14. The summed E-state index contributed by atoms with van der Waals surface area (Å²) in [6, 6.07) is 9.86. The van der Waals surface area contributed by atoms with Gasteiger partial charge in [0.25, 0.3) is 0 Å². The standard InChI is InChI=1S/C25H22N10/c1-16-19(20-7-11-34(3)31-20)15-35-22(16)23(30-24(32-35)25-28-10-12-33(25)2)29-21-13-17(6-9-27-21)18-5-4-8-26-14-18/h4-15H,1-3H3,(H,27,29,30,32). The van der Waals surface area contributed by atoms with Crippen LogP contribution in [0.2, 0.25) is 0 Å². The molecule has 0 aliphatic heterocycles. The van der Waals surface area contributed by atoms with Crippen molar-refractivity contribution in [2.45, 2.75) is 6.92 Å². The van der Waals surface area contributed by atoms with E-state index in [-0.39, 0.29) is 0 Å². The molecule has 0 atom stereocenters. The Labute approximate surface area is 201 Å². The van der Waals surface area contributed by atoms with Crippen LogP contribution in [0.3, 0.4) is 0 Å². The number of aromatic nitrogens is 9. The number of anilines is 2. The highest BCUT2D eigenvalue weighted by Gasteiger charge is 2.20. The first-order valence-electron chi connectivity index (χ1n) is 11.1. The van der Waals surface area contributed by atoms with Crippen molar-refractivity contribution in [3.8, 4) is 34.0 Å². The first kappa shape index (κ1) is 20.7. The van der Waals surface area contributed by atoms with Crippen molar-refractivity contribution in [2.75, 3.05) is 5.32 Å². The van der Waals surface area contributed by atoms with Gasteiger partial charge in [-0.2, -0.15) is 5.10 Å². The van der Waals surface area contributed by atoms with Crippen LogP contribution in [0, 0.1) is 6.92 Å². The summed E-state index contributed by atoms with van der Waals surface area (Å²) in [6.07, 6.45) is 12.9. The van der Waals surface area contributed by atoms with E-state index in [1.807, 2.05) is 85.2 Å². The molecule has 0 amide bonds. The molecule has 0 saturated carbocycles. The van der Waals surface area contributed by atoms with Crippen molar-refractivity contribution in [1.29, 1.82) is 0 Å². The van der Waals surface area contributed by atoms with Crippen molar-refractivity contribution >= 4 is 17.2 Å². The van der Waals surface area contributed by atoms with E-state index in [1.54, 1.807) is 23.3 Å². The van der Waals surface area contributed by atoms with Crippen LogP contribution >= 0.6 is 0 Å². The second-order valence-electron chi connectivity index (χ2n) is 8.28. The number of hydrogen-bond acceptors (Lipinski definition) is 7. The molecule has 0 radical (unpaired) electrons. The Hall–Kier alpha value is -4.86. The van der Waals surface area contributed by atoms with Gasteiger partial charge in [0.15, 0.2) is 11.6 Å². The average molecular weight is 463 g/mol. The van der Waals surface area contributed by atoms with Gasteiger partial charge in [-0.3, -0.25) is 9.67 Å². The summed E-state index contributed by atoms with van der Waals surface area (Å²) in [5, 5.41) is 12.8. The maximum Gasteiger partial charge on any atom is 0.218 e. The number of nitrogens with one attached hydrogen (secondary N) is 1. The fraction of sp³-hybridized carbons (Fsp3) is 0.120. The molecule has 6 heterocycles. The monoisotopic (exact) mass is 462 g/mol. The second-order valence-corrected chi connectivity index (χ2v) is 8.28. The number of fused-ring (bicyclic) bond motifs is 1. The van der Waals surface area contributed by atoms with Crippen molar-refractivity contribution in [3.63, 3.8) is 0 Å². The first-order chi connectivity index (χ1) is 17.1. The molecular formula is C25H22N10. The second kappa shape index (κ2) is 8.17. The van der Waals surface area contributed by atoms with Crippen LogP contribution in [-0.2, 0) is 14.1 Å². The lowest BCUT2D eigenvalue weighted by molar-refractivity contribution is 0.770. The Bertz CT molecular complexity index is 1660. The van der Waals surface area contributed by atoms with E-state index in [9.17, 15) is 0 Å². The fourth-order valence-corrected chi connectivity index (χ4v) is 4.14. The number of nitrogens with zero attached hydrogens (tertiary/aromatic N) is 9. The quantitative estimate of drug-likeness (QED) is 0.412. The molecule has 0 spiro atoms. The molecule has 6 aromatic rings. The van der Waals surface area contributed by atoms with Crippen LogP contribution in [0.25, 0.3) is 39.5 Å². The topological polar surface area (TPSA) is 104 Å². The normalized spacial score (nSPS) is 11.3. The molecule has 0 saturated heterocycles. The summed E-state index contributed by atoms with van der Waals surface area (Å²) in [6.45, 7) is 2.05. The molecule has 172 valence electrons. The number of hydrogen-bond donors (Lipinski definition) is 1. The Kier molecular flexibility index (Phi) is 4.84. The van der Waals surface area contributed by atoms with E-state index in [0.717, 1.165) is 33.5 Å². The summed E-state index contributed by atoms with van der Waals surface area (Å²) >= 11 is 0. The first-order valence-corrected chi connectivity index (χ1v) is 11.1. The molecule has 0 aromatic carbocycles. The van der Waals surface area contributed by atoms with Crippen LogP contribution in [-0.4, -0.2) is 43.9 Å². The average Bonchev–Trinajstić information content (AvgIpc) is 3.58. The Balaban J connectivity index is 1.51. The molecule has 0 fully saturated rings. The van der Waals surface area contributed by atoms with Gasteiger partial charge in [-0.25, -0.2) is 19.5 Å². The SMILES string of the molecule is Cc1c(-c2ccn(C)n2)cn2nc(-c3nccn3C)nc(Nc3cc(-c4cccnc4)ccn3)c12. The Morgan fingerprint density at radius 1 is 0.914 bits per heavy atom. The molecule has 35 heavy (non-hydrogen) atoms. The lowest BCUT2D eigenvalue weighted by atomic mass is 10.1. The third-order valence-electron chi connectivity index (χ3n) is 5.90. The number of rotatable bonds is 5. The third-order valence-corrected chi connectivity index (χ3v) is 5.90. The van der Waals surface area contributed by atoms with Crippen molar-refractivity contribution in [3.05, 3.63) is 79.3 Å².